The Kier molecular flexibility index (Phi) is 9.85. The minimum absolute atomic E-state index is 0.663. The van der Waals surface area contributed by atoms with Gasteiger partial charge in [0.25, 0.3) is 0 Å². The number of rotatable bonds is 11. The lowest BCUT2D eigenvalue weighted by Gasteiger charge is -2.15. The Morgan fingerprint density at radius 2 is 0.900 bits per heavy atom. The van der Waals surface area contributed by atoms with Gasteiger partial charge in [0.15, 0.2) is 0 Å². The molecule has 40 heavy (non-hydrogen) atoms. The Balaban J connectivity index is 1.87. The second kappa shape index (κ2) is 13.0. The number of hydrogen-bond donors (Lipinski definition) is 0. The Morgan fingerprint density at radius 1 is 0.550 bits per heavy atom. The van der Waals surface area contributed by atoms with Crippen LogP contribution in [0.15, 0.2) is 36.4 Å². The van der Waals surface area contributed by atoms with Crippen LogP contribution in [0.25, 0.3) is 30.6 Å². The van der Waals surface area contributed by atoms with E-state index in [2.05, 4.69) is 91.8 Å². The van der Waals surface area contributed by atoms with Crippen molar-refractivity contribution < 1.29 is 9.47 Å². The van der Waals surface area contributed by atoms with E-state index in [1.165, 1.54) is 76.9 Å². The van der Waals surface area contributed by atoms with Crippen LogP contribution in [0.1, 0.15) is 73.9 Å². The van der Waals surface area contributed by atoms with Gasteiger partial charge in [-0.15, -0.1) is 22.7 Å². The van der Waals surface area contributed by atoms with E-state index in [-0.39, 0.29) is 0 Å². The molecule has 0 amide bonds. The van der Waals surface area contributed by atoms with Crippen LogP contribution in [0.4, 0.5) is 0 Å². The highest BCUT2D eigenvalue weighted by molar-refractivity contribution is 7.25. The predicted molar refractivity (Wildman–Crippen MR) is 177 cm³/mol. The molecular formula is C36H46O2S2. The maximum atomic E-state index is 5.94. The largest absolute Gasteiger partial charge is 0.496 e. The summed E-state index contributed by atoms with van der Waals surface area (Å²) in [5.41, 5.74) is 10.8. The summed E-state index contributed by atoms with van der Waals surface area (Å²) in [6, 6.07) is 13.1. The van der Waals surface area contributed by atoms with Crippen molar-refractivity contribution in [2.45, 2.75) is 81.1 Å². The van der Waals surface area contributed by atoms with Crippen LogP contribution in [0, 0.1) is 39.5 Å². The maximum Gasteiger partial charge on any atom is 0.127 e. The first kappa shape index (κ1) is 30.4. The molecule has 0 aliphatic carbocycles. The summed E-state index contributed by atoms with van der Waals surface area (Å²) in [5, 5.41) is 0. The average Bonchev–Trinajstić information content (AvgIpc) is 3.39. The third-order valence-electron chi connectivity index (χ3n) is 8.20. The van der Waals surface area contributed by atoms with Crippen LogP contribution in [-0.2, 0) is 12.8 Å². The van der Waals surface area contributed by atoms with E-state index < -0.39 is 0 Å². The quantitative estimate of drug-likeness (QED) is 0.177. The zero-order chi connectivity index (χ0) is 29.1. The highest BCUT2D eigenvalue weighted by Gasteiger charge is 2.25. The first-order valence-corrected chi connectivity index (χ1v) is 16.2. The van der Waals surface area contributed by atoms with E-state index in [0.717, 1.165) is 24.3 Å². The van der Waals surface area contributed by atoms with Gasteiger partial charge >= 0.3 is 0 Å². The van der Waals surface area contributed by atoms with E-state index in [4.69, 9.17) is 9.47 Å². The number of benzene rings is 2. The van der Waals surface area contributed by atoms with Gasteiger partial charge in [0.1, 0.15) is 11.5 Å². The summed E-state index contributed by atoms with van der Waals surface area (Å²) in [7, 11) is 3.59. The monoisotopic (exact) mass is 574 g/mol. The van der Waals surface area contributed by atoms with Gasteiger partial charge in [-0.2, -0.15) is 0 Å². The molecule has 4 rings (SSSR count). The fourth-order valence-electron chi connectivity index (χ4n) is 5.42. The van der Waals surface area contributed by atoms with Crippen molar-refractivity contribution in [3.8, 4) is 42.1 Å². The van der Waals surface area contributed by atoms with Crippen LogP contribution in [0.2, 0.25) is 0 Å². The molecule has 0 spiro atoms. The van der Waals surface area contributed by atoms with Crippen molar-refractivity contribution in [1.29, 1.82) is 0 Å². The molecule has 0 atom stereocenters. The lowest BCUT2D eigenvalue weighted by Crippen LogP contribution is -1.97. The van der Waals surface area contributed by atoms with E-state index in [9.17, 15) is 0 Å². The summed E-state index contributed by atoms with van der Waals surface area (Å²) in [6.45, 7) is 18.3. The molecule has 0 aliphatic rings. The molecule has 0 aliphatic heterocycles. The smallest absolute Gasteiger partial charge is 0.127 e. The molecule has 0 radical (unpaired) electrons. The van der Waals surface area contributed by atoms with E-state index in [1.807, 2.05) is 22.7 Å². The van der Waals surface area contributed by atoms with E-state index in [1.54, 1.807) is 14.2 Å². The molecule has 4 aromatic rings. The molecule has 4 heteroatoms. The number of thiophene rings is 2. The van der Waals surface area contributed by atoms with Gasteiger partial charge in [0, 0.05) is 30.6 Å². The Hall–Kier alpha value is -2.56. The van der Waals surface area contributed by atoms with Crippen LogP contribution in [-0.4, -0.2) is 14.2 Å². The molecule has 2 aromatic carbocycles. The number of ether oxygens (including phenoxy) is 2. The molecule has 0 unspecified atom stereocenters. The molecule has 2 heterocycles. The van der Waals surface area contributed by atoms with Gasteiger partial charge in [-0.3, -0.25) is 0 Å². The molecule has 0 saturated carbocycles. The molecule has 0 saturated heterocycles. The zero-order valence-electron chi connectivity index (χ0n) is 26.1. The van der Waals surface area contributed by atoms with Gasteiger partial charge in [-0.05, 0) is 111 Å². The first-order valence-electron chi connectivity index (χ1n) is 14.6. The normalized spacial score (nSPS) is 11.6. The van der Waals surface area contributed by atoms with Crippen molar-refractivity contribution >= 4 is 22.7 Å². The fourth-order valence-corrected chi connectivity index (χ4v) is 8.46. The van der Waals surface area contributed by atoms with Crippen molar-refractivity contribution in [3.63, 3.8) is 0 Å². The first-order chi connectivity index (χ1) is 19.1. The molecular weight excluding hydrogens is 529 g/mol. The third-order valence-corrected chi connectivity index (χ3v) is 11.2. The third kappa shape index (κ3) is 6.04. The standard InChI is InChI=1S/C36H46O2S2/c1-21(2)17-19-27-13-11-15-29(37-9)31(27)33-23(5)25(7)35(39-33)36-26(8)24(6)34(40-36)32-28(20-18-22(3)4)14-12-16-30(32)38-10/h11-16,21-22H,17-20H2,1-10H3. The summed E-state index contributed by atoms with van der Waals surface area (Å²) >= 11 is 3.86. The lowest BCUT2D eigenvalue weighted by molar-refractivity contribution is 0.415. The summed E-state index contributed by atoms with van der Waals surface area (Å²) < 4.78 is 11.9. The number of methoxy groups -OCH3 is 2. The van der Waals surface area contributed by atoms with Crippen LogP contribution in [0.5, 0.6) is 11.5 Å². The van der Waals surface area contributed by atoms with Crippen molar-refractivity contribution in [3.05, 3.63) is 69.8 Å². The van der Waals surface area contributed by atoms with Gasteiger partial charge in [-0.25, -0.2) is 0 Å². The molecule has 0 N–H and O–H groups in total. The summed E-state index contributed by atoms with van der Waals surface area (Å²) in [4.78, 5) is 5.43. The minimum atomic E-state index is 0.663. The molecule has 0 fully saturated rings. The number of aryl methyl sites for hydroxylation is 2. The van der Waals surface area contributed by atoms with E-state index >= 15 is 0 Å². The Labute approximate surface area is 250 Å². The second-order valence-electron chi connectivity index (χ2n) is 11.9. The molecule has 2 aromatic heterocycles. The topological polar surface area (TPSA) is 18.5 Å². The zero-order valence-corrected chi connectivity index (χ0v) is 27.7. The highest BCUT2D eigenvalue weighted by Crippen LogP contribution is 2.52. The SMILES string of the molecule is COc1cccc(CCC(C)C)c1-c1sc(-c2sc(-c3c(CCC(C)C)cccc3OC)c(C)c2C)c(C)c1C. The Bertz CT molecular complexity index is 1360. The predicted octanol–water partition coefficient (Wildman–Crippen LogP) is 11.2. The fraction of sp³-hybridized carbons (Fsp3) is 0.444. The van der Waals surface area contributed by atoms with Crippen molar-refractivity contribution in [2.24, 2.45) is 11.8 Å². The van der Waals surface area contributed by atoms with Crippen LogP contribution in [0.3, 0.4) is 0 Å². The minimum Gasteiger partial charge on any atom is -0.496 e. The van der Waals surface area contributed by atoms with Crippen molar-refractivity contribution in [2.75, 3.05) is 14.2 Å². The maximum absolute atomic E-state index is 5.94. The summed E-state index contributed by atoms with van der Waals surface area (Å²) in [6.07, 6.45) is 4.45. The van der Waals surface area contributed by atoms with E-state index in [0.29, 0.717) is 11.8 Å². The van der Waals surface area contributed by atoms with Gasteiger partial charge in [0.05, 0.1) is 14.2 Å². The lowest BCUT2D eigenvalue weighted by atomic mass is 9.94. The number of hydrogen-bond acceptors (Lipinski definition) is 4. The second-order valence-corrected chi connectivity index (χ2v) is 13.9. The molecule has 0 bridgehead atoms. The van der Waals surface area contributed by atoms with Gasteiger partial charge in [-0.1, -0.05) is 52.0 Å². The summed E-state index contributed by atoms with van der Waals surface area (Å²) in [5.74, 6) is 3.27. The van der Waals surface area contributed by atoms with Gasteiger partial charge in [0.2, 0.25) is 0 Å². The van der Waals surface area contributed by atoms with Crippen LogP contribution < -0.4 is 9.47 Å². The molecule has 214 valence electrons. The van der Waals surface area contributed by atoms with Crippen LogP contribution >= 0.6 is 22.7 Å². The average molecular weight is 575 g/mol. The van der Waals surface area contributed by atoms with Gasteiger partial charge < -0.3 is 9.47 Å². The van der Waals surface area contributed by atoms with Crippen molar-refractivity contribution in [1.82, 2.24) is 0 Å². The highest BCUT2D eigenvalue weighted by atomic mass is 32.1. The Morgan fingerprint density at radius 3 is 1.23 bits per heavy atom. The molecule has 2 nitrogen and oxygen atoms in total.